The van der Waals surface area contributed by atoms with Crippen LogP contribution in [0.3, 0.4) is 0 Å². The third kappa shape index (κ3) is 3.96. The van der Waals surface area contributed by atoms with E-state index in [2.05, 4.69) is 0 Å². The summed E-state index contributed by atoms with van der Waals surface area (Å²) in [5, 5.41) is 0.518. The number of carbonyl (C=O) groups excluding carboxylic acids is 2. The highest BCUT2D eigenvalue weighted by Crippen LogP contribution is 2.26. The van der Waals surface area contributed by atoms with Crippen LogP contribution in [-0.4, -0.2) is 28.2 Å². The van der Waals surface area contributed by atoms with Crippen molar-refractivity contribution in [1.82, 2.24) is 4.90 Å². The molecule has 1 aliphatic rings. The van der Waals surface area contributed by atoms with Crippen molar-refractivity contribution in [3.8, 4) is 0 Å². The number of halogens is 2. The van der Waals surface area contributed by atoms with E-state index in [1.165, 1.54) is 36.9 Å². The van der Waals surface area contributed by atoms with Crippen LogP contribution in [0.15, 0.2) is 18.2 Å². The average molecular weight is 316 g/mol. The average Bonchev–Trinajstić information content (AvgIpc) is 2.72. The summed E-state index contributed by atoms with van der Waals surface area (Å²) in [5.74, 6) is 0.483. The Morgan fingerprint density at radius 2 is 2.30 bits per heavy atom. The molecule has 1 aromatic carbocycles. The molecule has 0 spiro atoms. The number of rotatable bonds is 4. The van der Waals surface area contributed by atoms with Crippen LogP contribution in [0, 0.1) is 11.7 Å². The van der Waals surface area contributed by atoms with E-state index < -0.39 is 0 Å². The largest absolute Gasteiger partial charge is 0.338 e. The van der Waals surface area contributed by atoms with Crippen LogP contribution in [0.5, 0.6) is 0 Å². The van der Waals surface area contributed by atoms with Crippen LogP contribution in [0.2, 0.25) is 5.02 Å². The van der Waals surface area contributed by atoms with Crippen molar-refractivity contribution < 1.29 is 14.0 Å². The molecule has 0 aromatic heterocycles. The highest BCUT2D eigenvalue weighted by atomic mass is 35.5. The molecule has 108 valence electrons. The van der Waals surface area contributed by atoms with Crippen molar-refractivity contribution in [3.05, 3.63) is 34.6 Å². The summed E-state index contributed by atoms with van der Waals surface area (Å²) in [7, 11) is 0. The number of nitrogens with zero attached hydrogens (tertiary/aromatic N) is 1. The van der Waals surface area contributed by atoms with Crippen LogP contribution in [0.1, 0.15) is 18.9 Å². The van der Waals surface area contributed by atoms with Gasteiger partial charge in [-0.05, 0) is 29.7 Å². The molecule has 3 nitrogen and oxygen atoms in total. The Morgan fingerprint density at radius 1 is 1.55 bits per heavy atom. The van der Waals surface area contributed by atoms with Crippen LogP contribution in [-0.2, 0) is 16.1 Å². The lowest BCUT2D eigenvalue weighted by molar-refractivity contribution is -0.128. The lowest BCUT2D eigenvalue weighted by Gasteiger charge is -2.17. The first-order valence-corrected chi connectivity index (χ1v) is 7.67. The monoisotopic (exact) mass is 315 g/mol. The second-order valence-corrected chi connectivity index (χ2v) is 6.49. The molecule has 0 N–H and O–H groups in total. The summed E-state index contributed by atoms with van der Waals surface area (Å²) in [4.78, 5) is 24.5. The Bertz CT molecular complexity index is 538. The number of thioether (sulfide) groups is 1. The first-order valence-electron chi connectivity index (χ1n) is 6.30. The molecule has 0 radical (unpaired) electrons. The Morgan fingerprint density at radius 3 is 3.00 bits per heavy atom. The molecule has 2 rings (SSSR count). The van der Waals surface area contributed by atoms with Crippen molar-refractivity contribution in [2.24, 2.45) is 5.92 Å². The lowest BCUT2D eigenvalue weighted by atomic mass is 10.1. The van der Waals surface area contributed by atoms with Crippen molar-refractivity contribution in [2.75, 3.05) is 12.3 Å². The number of carbonyl (C=O) groups is 2. The predicted octanol–water partition coefficient (Wildman–Crippen LogP) is 3.11. The van der Waals surface area contributed by atoms with Gasteiger partial charge in [0.05, 0.1) is 0 Å². The molecule has 1 aromatic rings. The van der Waals surface area contributed by atoms with E-state index in [0.29, 0.717) is 35.8 Å². The maximum Gasteiger partial charge on any atom is 0.223 e. The van der Waals surface area contributed by atoms with E-state index in [0.717, 1.165) is 0 Å². The second kappa shape index (κ2) is 6.59. The third-order valence-corrected chi connectivity index (χ3v) is 4.60. The van der Waals surface area contributed by atoms with Gasteiger partial charge in [0, 0.05) is 37.2 Å². The van der Waals surface area contributed by atoms with Crippen molar-refractivity contribution in [3.63, 3.8) is 0 Å². The molecular formula is C14H15ClFNO2S. The zero-order valence-electron chi connectivity index (χ0n) is 11.1. The number of hydrogen-bond donors (Lipinski definition) is 0. The van der Waals surface area contributed by atoms with E-state index in [1.807, 2.05) is 0 Å². The van der Waals surface area contributed by atoms with E-state index in [4.69, 9.17) is 11.6 Å². The molecule has 20 heavy (non-hydrogen) atoms. The summed E-state index contributed by atoms with van der Waals surface area (Å²) >= 11 is 7.25. The van der Waals surface area contributed by atoms with Crippen molar-refractivity contribution in [1.29, 1.82) is 0 Å². The minimum atomic E-state index is -0.361. The van der Waals surface area contributed by atoms with Gasteiger partial charge < -0.3 is 4.90 Å². The van der Waals surface area contributed by atoms with Gasteiger partial charge in [-0.2, -0.15) is 0 Å². The van der Waals surface area contributed by atoms with Crippen molar-refractivity contribution in [2.45, 2.75) is 19.9 Å². The Kier molecular flexibility index (Phi) is 5.05. The first kappa shape index (κ1) is 15.3. The molecule has 1 aliphatic heterocycles. The zero-order chi connectivity index (χ0) is 14.7. The maximum atomic E-state index is 13.2. The Labute approximate surface area is 126 Å². The fourth-order valence-corrected chi connectivity index (χ4v) is 3.09. The fraction of sp³-hybridized carbons (Fsp3) is 0.429. The highest BCUT2D eigenvalue weighted by Gasteiger charge is 2.30. The highest BCUT2D eigenvalue weighted by molar-refractivity contribution is 8.13. The molecular weight excluding hydrogens is 301 g/mol. The van der Waals surface area contributed by atoms with Crippen LogP contribution in [0.25, 0.3) is 0 Å². The smallest absolute Gasteiger partial charge is 0.223 e. The van der Waals surface area contributed by atoms with Crippen LogP contribution in [0.4, 0.5) is 4.39 Å². The van der Waals surface area contributed by atoms with Crippen LogP contribution < -0.4 is 0 Å². The zero-order valence-corrected chi connectivity index (χ0v) is 12.6. The van der Waals surface area contributed by atoms with Crippen LogP contribution >= 0.6 is 23.4 Å². The van der Waals surface area contributed by atoms with Gasteiger partial charge in [0.2, 0.25) is 5.91 Å². The Balaban J connectivity index is 1.98. The standard InChI is InChI=1S/C14H15ClFNO2S/c1-9(18)20-8-10-4-14(19)17(6-10)7-11-5-12(16)2-3-13(11)15/h2-3,5,10H,4,6-8H2,1H3. The summed E-state index contributed by atoms with van der Waals surface area (Å²) < 4.78 is 13.2. The molecule has 0 aliphatic carbocycles. The molecule has 1 amide bonds. The molecule has 1 heterocycles. The lowest BCUT2D eigenvalue weighted by Crippen LogP contribution is -2.25. The summed E-state index contributed by atoms with van der Waals surface area (Å²) in [6.07, 6.45) is 0.438. The maximum absolute atomic E-state index is 13.2. The predicted molar refractivity (Wildman–Crippen MR) is 78.1 cm³/mol. The van der Waals surface area contributed by atoms with Gasteiger partial charge in [-0.15, -0.1) is 0 Å². The Hall–Kier alpha value is -1.07. The van der Waals surface area contributed by atoms with Gasteiger partial charge in [0.15, 0.2) is 5.12 Å². The number of likely N-dealkylation sites (tertiary alicyclic amines) is 1. The third-order valence-electron chi connectivity index (χ3n) is 3.19. The van der Waals surface area contributed by atoms with Gasteiger partial charge in [-0.1, -0.05) is 23.4 Å². The molecule has 1 unspecified atom stereocenters. The first-order chi connectivity index (χ1) is 9.45. The number of amides is 1. The second-order valence-electron chi connectivity index (χ2n) is 4.88. The molecule has 0 saturated carbocycles. The topological polar surface area (TPSA) is 37.4 Å². The van der Waals surface area contributed by atoms with Gasteiger partial charge >= 0.3 is 0 Å². The van der Waals surface area contributed by atoms with Gasteiger partial charge in [0.1, 0.15) is 5.82 Å². The van der Waals surface area contributed by atoms with E-state index >= 15 is 0 Å². The fourth-order valence-electron chi connectivity index (χ4n) is 2.22. The van der Waals surface area contributed by atoms with Gasteiger partial charge in [0.25, 0.3) is 0 Å². The van der Waals surface area contributed by atoms with E-state index in [9.17, 15) is 14.0 Å². The van der Waals surface area contributed by atoms with E-state index in [1.54, 1.807) is 4.90 Å². The summed E-state index contributed by atoms with van der Waals surface area (Å²) in [6.45, 7) is 2.42. The van der Waals surface area contributed by atoms with Crippen molar-refractivity contribution >= 4 is 34.4 Å². The normalized spacial score (nSPS) is 18.6. The molecule has 1 atom stereocenters. The molecule has 1 fully saturated rings. The molecule has 1 saturated heterocycles. The van der Waals surface area contributed by atoms with E-state index in [-0.39, 0.29) is 22.8 Å². The van der Waals surface area contributed by atoms with Gasteiger partial charge in [-0.3, -0.25) is 9.59 Å². The number of hydrogen-bond acceptors (Lipinski definition) is 3. The minimum absolute atomic E-state index is 0.0273. The summed E-state index contributed by atoms with van der Waals surface area (Å²) in [5.41, 5.74) is 0.611. The summed E-state index contributed by atoms with van der Waals surface area (Å²) in [6, 6.07) is 4.15. The number of benzene rings is 1. The molecule has 6 heteroatoms. The quantitative estimate of drug-likeness (QED) is 0.857. The van der Waals surface area contributed by atoms with Gasteiger partial charge in [-0.25, -0.2) is 4.39 Å². The minimum Gasteiger partial charge on any atom is -0.338 e. The SMILES string of the molecule is CC(=O)SCC1CC(=O)N(Cc2cc(F)ccc2Cl)C1. The molecule has 0 bridgehead atoms.